The molecule has 0 aliphatic heterocycles. The van der Waals surface area contributed by atoms with Gasteiger partial charge in [0, 0.05) is 4.47 Å². The van der Waals surface area contributed by atoms with Gasteiger partial charge in [0.2, 0.25) is 0 Å². The molecule has 0 aromatic heterocycles. The van der Waals surface area contributed by atoms with Gasteiger partial charge in [0.15, 0.2) is 0 Å². The van der Waals surface area contributed by atoms with Gasteiger partial charge in [-0.25, -0.2) is 0 Å². The smallest absolute Gasteiger partial charge is 0.266 e. The van der Waals surface area contributed by atoms with Crippen molar-refractivity contribution in [3.8, 4) is 0 Å². The van der Waals surface area contributed by atoms with E-state index in [9.17, 15) is 21.6 Å². The first kappa shape index (κ1) is 24.1. The van der Waals surface area contributed by atoms with E-state index in [4.69, 9.17) is 4.18 Å². The molecule has 29 heavy (non-hydrogen) atoms. The molecular formula is C20H24BrF3O3SSi. The van der Waals surface area contributed by atoms with Crippen molar-refractivity contribution in [3.63, 3.8) is 0 Å². The van der Waals surface area contributed by atoms with Crippen molar-refractivity contribution in [2.75, 3.05) is 6.61 Å². The van der Waals surface area contributed by atoms with Gasteiger partial charge in [-0.3, -0.25) is 4.18 Å². The molecule has 2 aromatic carbocycles. The van der Waals surface area contributed by atoms with Crippen LogP contribution in [0.4, 0.5) is 13.2 Å². The Morgan fingerprint density at radius 2 is 1.48 bits per heavy atom. The van der Waals surface area contributed by atoms with Gasteiger partial charge in [0.05, 0.1) is 25.1 Å². The van der Waals surface area contributed by atoms with Crippen LogP contribution in [0.3, 0.4) is 0 Å². The fourth-order valence-electron chi connectivity index (χ4n) is 3.37. The Hall–Kier alpha value is -1.16. The number of rotatable bonds is 7. The molecule has 0 saturated carbocycles. The third-order valence-electron chi connectivity index (χ3n) is 4.62. The maximum Gasteiger partial charge on any atom is 0.416 e. The van der Waals surface area contributed by atoms with Crippen LogP contribution in [-0.2, 0) is 20.5 Å². The normalized spacial score (nSPS) is 13.5. The second-order valence-electron chi connectivity index (χ2n) is 8.47. The number of alkyl halides is 3. The summed E-state index contributed by atoms with van der Waals surface area (Å²) in [7, 11) is -6.01. The highest BCUT2D eigenvalue weighted by molar-refractivity contribution is 9.10. The molecule has 3 nitrogen and oxygen atoms in total. The zero-order valence-electron chi connectivity index (χ0n) is 16.7. The summed E-state index contributed by atoms with van der Waals surface area (Å²) in [4.78, 5) is 0.0794. The molecule has 0 unspecified atom stereocenters. The van der Waals surface area contributed by atoms with Gasteiger partial charge in [-0.1, -0.05) is 72.3 Å². The van der Waals surface area contributed by atoms with Crippen LogP contribution in [0.2, 0.25) is 19.1 Å². The zero-order chi connectivity index (χ0) is 22.1. The second kappa shape index (κ2) is 8.53. The fraction of sp³-hybridized carbons (Fsp3) is 0.400. The van der Waals surface area contributed by atoms with E-state index in [0.29, 0.717) is 6.04 Å². The van der Waals surface area contributed by atoms with E-state index in [-0.39, 0.29) is 11.5 Å². The first-order chi connectivity index (χ1) is 13.1. The summed E-state index contributed by atoms with van der Waals surface area (Å²) in [5.74, 6) is 0. The van der Waals surface area contributed by atoms with E-state index < -0.39 is 35.3 Å². The van der Waals surface area contributed by atoms with E-state index in [2.05, 4.69) is 29.0 Å². The van der Waals surface area contributed by atoms with Crippen LogP contribution < -0.4 is 5.19 Å². The number of hydrogen-bond donors (Lipinski definition) is 0. The average molecular weight is 509 g/mol. The molecule has 0 aliphatic rings. The van der Waals surface area contributed by atoms with E-state index in [1.807, 2.05) is 13.8 Å². The number of benzene rings is 2. The molecule has 0 atom stereocenters. The molecule has 0 radical (unpaired) electrons. The molecule has 0 amide bonds. The van der Waals surface area contributed by atoms with Gasteiger partial charge in [-0.2, -0.15) is 21.6 Å². The summed E-state index contributed by atoms with van der Waals surface area (Å²) in [6.45, 7) is 7.91. The average Bonchev–Trinajstić information content (AvgIpc) is 2.59. The lowest BCUT2D eigenvalue weighted by molar-refractivity contribution is -0.137. The maximum atomic E-state index is 12.8. The molecule has 0 saturated heterocycles. The monoisotopic (exact) mass is 508 g/mol. The summed E-state index contributed by atoms with van der Waals surface area (Å²) in [6, 6.07) is 12.1. The molecule has 0 N–H and O–H groups in total. The Labute approximate surface area is 179 Å². The van der Waals surface area contributed by atoms with Crippen LogP contribution in [0.25, 0.3) is 0 Å². The largest absolute Gasteiger partial charge is 0.416 e. The molecule has 0 aliphatic carbocycles. The Kier molecular flexibility index (Phi) is 7.09. The first-order valence-electron chi connectivity index (χ1n) is 8.95. The van der Waals surface area contributed by atoms with Gasteiger partial charge in [-0.15, -0.1) is 0 Å². The van der Waals surface area contributed by atoms with E-state index >= 15 is 0 Å². The van der Waals surface area contributed by atoms with Crippen molar-refractivity contribution in [1.29, 1.82) is 0 Å². The minimum absolute atomic E-state index is 0.0114. The third kappa shape index (κ3) is 6.67. The van der Waals surface area contributed by atoms with Gasteiger partial charge in [0.1, 0.15) is 0 Å². The maximum absolute atomic E-state index is 12.8. The Morgan fingerprint density at radius 1 is 0.966 bits per heavy atom. The lowest BCUT2D eigenvalue weighted by Gasteiger charge is -2.33. The summed E-state index contributed by atoms with van der Waals surface area (Å²) in [5.41, 5.74) is -1.14. The molecule has 0 fully saturated rings. The standard InChI is InChI=1S/C20H24BrF3O3SSi/c1-19(2,13-27-28(25,26)17-9-7-16(21)8-10-17)14-29(3,4)18-11-5-15(6-12-18)20(22,23)24/h5-12H,13-14H2,1-4H3. The highest BCUT2D eigenvalue weighted by Crippen LogP contribution is 2.32. The summed E-state index contributed by atoms with van der Waals surface area (Å²) in [5, 5.41) is 0.884. The second-order valence-corrected chi connectivity index (χ2v) is 15.7. The van der Waals surface area contributed by atoms with Crippen molar-refractivity contribution < 1.29 is 25.8 Å². The summed E-state index contributed by atoms with van der Waals surface area (Å²) in [6.07, 6.45) is -4.36. The van der Waals surface area contributed by atoms with Crippen molar-refractivity contribution in [2.24, 2.45) is 5.41 Å². The van der Waals surface area contributed by atoms with Gasteiger partial charge in [-0.05, 0) is 35.7 Å². The van der Waals surface area contributed by atoms with Gasteiger partial charge >= 0.3 is 6.18 Å². The van der Waals surface area contributed by atoms with Crippen LogP contribution in [-0.4, -0.2) is 23.1 Å². The fourth-order valence-corrected chi connectivity index (χ4v) is 8.48. The van der Waals surface area contributed by atoms with Crippen LogP contribution in [0.15, 0.2) is 57.9 Å². The van der Waals surface area contributed by atoms with Gasteiger partial charge in [0.25, 0.3) is 10.1 Å². The lowest BCUT2D eigenvalue weighted by atomic mass is 9.98. The Balaban J connectivity index is 2.09. The molecule has 9 heteroatoms. The first-order valence-corrected chi connectivity index (χ1v) is 14.4. The van der Waals surface area contributed by atoms with E-state index in [1.165, 1.54) is 24.3 Å². The van der Waals surface area contributed by atoms with Crippen molar-refractivity contribution in [3.05, 3.63) is 58.6 Å². The van der Waals surface area contributed by atoms with Crippen molar-refractivity contribution in [1.82, 2.24) is 0 Å². The van der Waals surface area contributed by atoms with Crippen LogP contribution in [0.5, 0.6) is 0 Å². The quantitative estimate of drug-likeness (QED) is 0.349. The molecule has 0 bridgehead atoms. The summed E-state index contributed by atoms with van der Waals surface area (Å²) < 4.78 is 69.3. The topological polar surface area (TPSA) is 43.4 Å². The number of halogens is 4. The van der Waals surface area contributed by atoms with Crippen LogP contribution in [0, 0.1) is 5.41 Å². The Bertz CT molecular complexity index is 938. The molecule has 160 valence electrons. The van der Waals surface area contributed by atoms with Crippen molar-refractivity contribution >= 4 is 39.3 Å². The van der Waals surface area contributed by atoms with Crippen molar-refractivity contribution in [2.45, 2.75) is 44.1 Å². The van der Waals surface area contributed by atoms with Crippen LogP contribution >= 0.6 is 15.9 Å². The molecule has 2 aromatic rings. The minimum atomic E-state index is -4.36. The molecule has 2 rings (SSSR count). The third-order valence-corrected chi connectivity index (χ3v) is 10.2. The van der Waals surface area contributed by atoms with Crippen LogP contribution in [0.1, 0.15) is 19.4 Å². The lowest BCUT2D eigenvalue weighted by Crippen LogP contribution is -2.45. The molecular weight excluding hydrogens is 485 g/mol. The number of hydrogen-bond acceptors (Lipinski definition) is 3. The predicted octanol–water partition coefficient (Wildman–Crippen LogP) is 5.82. The minimum Gasteiger partial charge on any atom is -0.266 e. The molecule has 0 heterocycles. The molecule has 0 spiro atoms. The highest BCUT2D eigenvalue weighted by Gasteiger charge is 2.35. The van der Waals surface area contributed by atoms with Gasteiger partial charge < -0.3 is 0 Å². The SMILES string of the molecule is CC(C)(COS(=O)(=O)c1ccc(Br)cc1)C[Si](C)(C)c1ccc(C(F)(F)F)cc1. The summed E-state index contributed by atoms with van der Waals surface area (Å²) >= 11 is 3.26. The van der Waals surface area contributed by atoms with E-state index in [1.54, 1.807) is 12.1 Å². The zero-order valence-corrected chi connectivity index (χ0v) is 20.1. The highest BCUT2D eigenvalue weighted by atomic mass is 79.9. The predicted molar refractivity (Wildman–Crippen MR) is 114 cm³/mol. The van der Waals surface area contributed by atoms with E-state index in [0.717, 1.165) is 21.8 Å². The Morgan fingerprint density at radius 3 is 1.97 bits per heavy atom.